The van der Waals surface area contributed by atoms with Gasteiger partial charge < -0.3 is 10.6 Å². The van der Waals surface area contributed by atoms with Crippen LogP contribution >= 0.6 is 36.6 Å². The molecule has 0 aliphatic carbocycles. The fraction of sp³-hybridized carbons (Fsp3) is 0.667. The minimum atomic E-state index is 0. The van der Waals surface area contributed by atoms with E-state index in [-0.39, 0.29) is 30.7 Å². The molecular formula is C21H35Cl2N3OS. The number of benzene rings is 1. The Bertz CT molecular complexity index is 605. The van der Waals surface area contributed by atoms with Crippen LogP contribution in [0.25, 0.3) is 0 Å². The quantitative estimate of drug-likeness (QED) is 0.679. The third-order valence-corrected chi connectivity index (χ3v) is 6.86. The Morgan fingerprint density at radius 3 is 2.61 bits per heavy atom. The van der Waals surface area contributed by atoms with Gasteiger partial charge in [-0.3, -0.25) is 9.69 Å². The second-order valence-electron chi connectivity index (χ2n) is 7.80. The molecule has 2 heterocycles. The summed E-state index contributed by atoms with van der Waals surface area (Å²) in [6, 6.07) is 6.31. The van der Waals surface area contributed by atoms with E-state index < -0.39 is 0 Å². The zero-order chi connectivity index (χ0) is 18.4. The van der Waals surface area contributed by atoms with E-state index in [2.05, 4.69) is 41.5 Å². The van der Waals surface area contributed by atoms with Crippen LogP contribution < -0.4 is 10.6 Å². The van der Waals surface area contributed by atoms with Crippen LogP contribution in [-0.4, -0.2) is 48.5 Å². The normalized spacial score (nSPS) is 19.2. The molecule has 0 radical (unpaired) electrons. The lowest BCUT2D eigenvalue weighted by Gasteiger charge is -2.28. The maximum Gasteiger partial charge on any atom is 0.224 e. The van der Waals surface area contributed by atoms with Crippen molar-refractivity contribution < 1.29 is 4.79 Å². The number of thioether (sulfide) groups is 1. The van der Waals surface area contributed by atoms with Crippen LogP contribution in [0.4, 0.5) is 5.69 Å². The summed E-state index contributed by atoms with van der Waals surface area (Å²) < 4.78 is 0. The highest BCUT2D eigenvalue weighted by Crippen LogP contribution is 2.26. The molecule has 0 spiro atoms. The van der Waals surface area contributed by atoms with Crippen molar-refractivity contribution in [3.63, 3.8) is 0 Å². The zero-order valence-corrected chi connectivity index (χ0v) is 19.5. The number of halogens is 2. The number of nitrogens with one attached hydrogen (secondary N) is 2. The van der Waals surface area contributed by atoms with Gasteiger partial charge >= 0.3 is 0 Å². The Labute approximate surface area is 186 Å². The molecule has 1 unspecified atom stereocenters. The second-order valence-corrected chi connectivity index (χ2v) is 9.02. The van der Waals surface area contributed by atoms with Crippen molar-refractivity contribution in [3.05, 3.63) is 29.3 Å². The molecule has 160 valence electrons. The molecule has 0 bridgehead atoms. The van der Waals surface area contributed by atoms with E-state index in [0.29, 0.717) is 18.3 Å². The Kier molecular flexibility index (Phi) is 11.8. The van der Waals surface area contributed by atoms with Crippen molar-refractivity contribution in [2.45, 2.75) is 39.7 Å². The first kappa shape index (κ1) is 25.6. The number of piperidine rings is 1. The van der Waals surface area contributed by atoms with E-state index >= 15 is 0 Å². The molecule has 28 heavy (non-hydrogen) atoms. The van der Waals surface area contributed by atoms with Gasteiger partial charge in [0.2, 0.25) is 5.91 Å². The Morgan fingerprint density at radius 1 is 1.25 bits per heavy atom. The summed E-state index contributed by atoms with van der Waals surface area (Å²) in [4.78, 5) is 15.1. The van der Waals surface area contributed by atoms with Gasteiger partial charge in [0.1, 0.15) is 0 Å². The van der Waals surface area contributed by atoms with E-state index in [1.54, 1.807) is 0 Å². The zero-order valence-electron chi connectivity index (χ0n) is 17.0. The standard InChI is InChI=1S/C21H33N3OS.2ClH/c1-16(18-6-8-22-9-7-18)14-21(25)23-20-5-3-4-19(17(20)2)15-24-10-12-26-13-11-24;;/h3-5,16,18,22H,6-15H2,1-2H3,(H,23,25);2*1H. The van der Waals surface area contributed by atoms with Gasteiger partial charge in [0.05, 0.1) is 0 Å². The summed E-state index contributed by atoms with van der Waals surface area (Å²) in [5.74, 6) is 3.73. The molecule has 1 atom stereocenters. The highest BCUT2D eigenvalue weighted by Gasteiger charge is 2.22. The fourth-order valence-electron chi connectivity index (χ4n) is 4.06. The minimum Gasteiger partial charge on any atom is -0.326 e. The van der Waals surface area contributed by atoms with Gasteiger partial charge in [-0.2, -0.15) is 11.8 Å². The van der Waals surface area contributed by atoms with Crippen molar-refractivity contribution in [1.82, 2.24) is 10.2 Å². The van der Waals surface area contributed by atoms with Gasteiger partial charge in [-0.1, -0.05) is 19.1 Å². The maximum absolute atomic E-state index is 12.6. The third kappa shape index (κ3) is 7.42. The highest BCUT2D eigenvalue weighted by atomic mass is 35.5. The van der Waals surface area contributed by atoms with Crippen LogP contribution in [0.5, 0.6) is 0 Å². The molecule has 2 fully saturated rings. The molecule has 0 saturated carbocycles. The highest BCUT2D eigenvalue weighted by molar-refractivity contribution is 7.99. The summed E-state index contributed by atoms with van der Waals surface area (Å²) >= 11 is 2.04. The summed E-state index contributed by atoms with van der Waals surface area (Å²) in [5.41, 5.74) is 3.53. The van der Waals surface area contributed by atoms with Crippen LogP contribution in [0, 0.1) is 18.8 Å². The van der Waals surface area contributed by atoms with Gasteiger partial charge in [-0.25, -0.2) is 0 Å². The minimum absolute atomic E-state index is 0. The van der Waals surface area contributed by atoms with Crippen LogP contribution in [0.3, 0.4) is 0 Å². The monoisotopic (exact) mass is 447 g/mol. The van der Waals surface area contributed by atoms with E-state index in [1.807, 2.05) is 17.8 Å². The number of anilines is 1. The first-order valence-corrected chi connectivity index (χ1v) is 11.2. The molecule has 7 heteroatoms. The molecule has 2 aliphatic heterocycles. The number of carbonyl (C=O) groups is 1. The van der Waals surface area contributed by atoms with Gasteiger partial charge in [-0.15, -0.1) is 24.8 Å². The topological polar surface area (TPSA) is 44.4 Å². The van der Waals surface area contributed by atoms with Gasteiger partial charge in [0, 0.05) is 43.2 Å². The first-order chi connectivity index (χ1) is 12.6. The molecule has 2 saturated heterocycles. The largest absolute Gasteiger partial charge is 0.326 e. The van der Waals surface area contributed by atoms with Crippen LogP contribution in [0.15, 0.2) is 18.2 Å². The molecule has 2 aliphatic rings. The van der Waals surface area contributed by atoms with Gasteiger partial charge in [0.25, 0.3) is 0 Å². The SMILES string of the molecule is Cc1c(CN2CCSCC2)cccc1NC(=O)CC(C)C1CCNCC1.Cl.Cl. The molecule has 1 aromatic rings. The number of nitrogens with zero attached hydrogens (tertiary/aromatic N) is 1. The Hall–Kier alpha value is -0.460. The Balaban J connectivity index is 0.00000196. The molecule has 1 amide bonds. The van der Waals surface area contributed by atoms with E-state index in [0.717, 1.165) is 38.4 Å². The first-order valence-electron chi connectivity index (χ1n) is 10.0. The maximum atomic E-state index is 12.6. The van der Waals surface area contributed by atoms with Crippen molar-refractivity contribution in [1.29, 1.82) is 0 Å². The van der Waals surface area contributed by atoms with Crippen molar-refractivity contribution in [2.24, 2.45) is 11.8 Å². The van der Waals surface area contributed by atoms with Crippen molar-refractivity contribution in [2.75, 3.05) is 43.0 Å². The number of carbonyl (C=O) groups excluding carboxylic acids is 1. The van der Waals surface area contributed by atoms with Crippen molar-refractivity contribution in [3.8, 4) is 0 Å². The lowest BCUT2D eigenvalue weighted by molar-refractivity contribution is -0.117. The molecule has 3 rings (SSSR count). The predicted octanol–water partition coefficient (Wildman–Crippen LogP) is 4.35. The number of hydrogen-bond donors (Lipinski definition) is 2. The van der Waals surface area contributed by atoms with Crippen molar-refractivity contribution >= 4 is 48.2 Å². The van der Waals surface area contributed by atoms with Crippen LogP contribution in [0.1, 0.15) is 37.3 Å². The van der Waals surface area contributed by atoms with E-state index in [9.17, 15) is 4.79 Å². The summed E-state index contributed by atoms with van der Waals surface area (Å²) in [6.45, 7) is 9.86. The smallest absolute Gasteiger partial charge is 0.224 e. The number of rotatable bonds is 6. The van der Waals surface area contributed by atoms with Gasteiger partial charge in [0.15, 0.2) is 0 Å². The molecular weight excluding hydrogens is 413 g/mol. The van der Waals surface area contributed by atoms with E-state index in [4.69, 9.17) is 0 Å². The molecule has 1 aromatic carbocycles. The predicted molar refractivity (Wildman–Crippen MR) is 126 cm³/mol. The lowest BCUT2D eigenvalue weighted by Crippen LogP contribution is -2.32. The summed E-state index contributed by atoms with van der Waals surface area (Å²) in [6.07, 6.45) is 3.01. The van der Waals surface area contributed by atoms with Crippen LogP contribution in [0.2, 0.25) is 0 Å². The average Bonchev–Trinajstić information content (AvgIpc) is 2.66. The number of hydrogen-bond acceptors (Lipinski definition) is 4. The molecule has 2 N–H and O–H groups in total. The fourth-order valence-corrected chi connectivity index (χ4v) is 5.04. The van der Waals surface area contributed by atoms with Crippen LogP contribution in [-0.2, 0) is 11.3 Å². The lowest BCUT2D eigenvalue weighted by atomic mass is 9.84. The van der Waals surface area contributed by atoms with Gasteiger partial charge in [-0.05, 0) is 61.9 Å². The average molecular weight is 449 g/mol. The summed E-state index contributed by atoms with van der Waals surface area (Å²) in [5, 5.41) is 6.58. The number of amides is 1. The molecule has 4 nitrogen and oxygen atoms in total. The second kappa shape index (κ2) is 13.0. The Morgan fingerprint density at radius 2 is 1.93 bits per heavy atom. The molecule has 0 aromatic heterocycles. The third-order valence-electron chi connectivity index (χ3n) is 5.91. The summed E-state index contributed by atoms with van der Waals surface area (Å²) in [7, 11) is 0. The van der Waals surface area contributed by atoms with E-state index in [1.165, 1.54) is 35.5 Å².